The smallest absolute Gasteiger partial charge is 0.261 e. The van der Waals surface area contributed by atoms with Gasteiger partial charge in [0.05, 0.1) is 29.1 Å². The van der Waals surface area contributed by atoms with Crippen molar-refractivity contribution in [1.82, 2.24) is 20.2 Å². The first-order valence-corrected chi connectivity index (χ1v) is 9.89. The Balaban J connectivity index is 1.28. The Morgan fingerprint density at radius 2 is 1.67 bits per heavy atom. The lowest BCUT2D eigenvalue weighted by Gasteiger charge is -2.15. The predicted molar refractivity (Wildman–Crippen MR) is 112 cm³/mol. The van der Waals surface area contributed by atoms with Crippen molar-refractivity contribution in [2.75, 3.05) is 6.54 Å². The molecule has 0 spiro atoms. The van der Waals surface area contributed by atoms with Crippen LogP contribution in [-0.2, 0) is 4.79 Å². The highest BCUT2D eigenvalue weighted by Crippen LogP contribution is 2.23. The predicted octanol–water partition coefficient (Wildman–Crippen LogP) is 3.33. The second-order valence-electron chi connectivity index (χ2n) is 7.25. The number of imide groups is 1. The van der Waals surface area contributed by atoms with Crippen molar-refractivity contribution in [3.63, 3.8) is 0 Å². The van der Waals surface area contributed by atoms with Gasteiger partial charge >= 0.3 is 0 Å². The Labute approximate surface area is 174 Å². The molecular weight excluding hydrogens is 380 g/mol. The van der Waals surface area contributed by atoms with Gasteiger partial charge in [0.15, 0.2) is 0 Å². The molecule has 3 amide bonds. The Bertz CT molecular complexity index is 1060. The topological polar surface area (TPSA) is 95.2 Å². The van der Waals surface area contributed by atoms with Crippen LogP contribution >= 0.6 is 0 Å². The Morgan fingerprint density at radius 1 is 1.03 bits per heavy atom. The van der Waals surface area contributed by atoms with E-state index in [0.717, 1.165) is 11.3 Å². The van der Waals surface area contributed by atoms with Crippen molar-refractivity contribution in [2.45, 2.75) is 25.8 Å². The molecule has 0 saturated carbocycles. The lowest BCUT2D eigenvalue weighted by Crippen LogP contribution is -2.32. The van der Waals surface area contributed by atoms with Crippen LogP contribution in [0.4, 0.5) is 0 Å². The first kappa shape index (κ1) is 19.6. The fraction of sp³-hybridized carbons (Fsp3) is 0.217. The SMILES string of the molecule is CC(NC(=O)CCCN1C(=O)c2ccccc2C1=O)c1ncc(-c2ccccc2)[nH]1. The second kappa shape index (κ2) is 8.32. The number of nitrogens with zero attached hydrogens (tertiary/aromatic N) is 2. The lowest BCUT2D eigenvalue weighted by atomic mass is 10.1. The van der Waals surface area contributed by atoms with Crippen LogP contribution in [0.15, 0.2) is 60.8 Å². The van der Waals surface area contributed by atoms with Gasteiger partial charge in [-0.15, -0.1) is 0 Å². The molecule has 0 fully saturated rings. The van der Waals surface area contributed by atoms with Gasteiger partial charge in [-0.3, -0.25) is 19.3 Å². The number of fused-ring (bicyclic) bond motifs is 1. The Hall–Kier alpha value is -3.74. The molecule has 2 aromatic carbocycles. The van der Waals surface area contributed by atoms with Crippen molar-refractivity contribution in [3.05, 3.63) is 77.7 Å². The van der Waals surface area contributed by atoms with Gasteiger partial charge in [0, 0.05) is 13.0 Å². The molecule has 30 heavy (non-hydrogen) atoms. The van der Waals surface area contributed by atoms with Crippen LogP contribution in [0.2, 0.25) is 0 Å². The maximum atomic E-state index is 12.4. The standard InChI is InChI=1S/C23H22N4O3/c1-15(21-24-14-19(26-21)16-8-3-2-4-9-16)25-20(28)12-7-13-27-22(29)17-10-5-6-11-18(17)23(27)30/h2-6,8-11,14-15H,7,12-13H2,1H3,(H,24,26)(H,25,28). The number of imidazole rings is 1. The van der Waals surface area contributed by atoms with E-state index < -0.39 is 0 Å². The number of hydrogen-bond acceptors (Lipinski definition) is 4. The number of carbonyl (C=O) groups is 3. The molecule has 152 valence electrons. The summed E-state index contributed by atoms with van der Waals surface area (Å²) in [5, 5.41) is 2.90. The fourth-order valence-corrected chi connectivity index (χ4v) is 3.54. The van der Waals surface area contributed by atoms with Crippen LogP contribution in [0.3, 0.4) is 0 Å². The van der Waals surface area contributed by atoms with Crippen molar-refractivity contribution in [1.29, 1.82) is 0 Å². The molecule has 3 aromatic rings. The molecule has 7 nitrogen and oxygen atoms in total. The molecule has 1 aliphatic rings. The molecule has 1 aromatic heterocycles. The van der Waals surface area contributed by atoms with E-state index >= 15 is 0 Å². The van der Waals surface area contributed by atoms with Gasteiger partial charge in [-0.25, -0.2) is 4.98 Å². The van der Waals surface area contributed by atoms with Crippen molar-refractivity contribution in [2.24, 2.45) is 0 Å². The number of carbonyl (C=O) groups excluding carboxylic acids is 3. The van der Waals surface area contributed by atoms with Gasteiger partial charge in [-0.1, -0.05) is 42.5 Å². The number of aromatic amines is 1. The van der Waals surface area contributed by atoms with E-state index in [2.05, 4.69) is 15.3 Å². The molecule has 1 unspecified atom stereocenters. The third kappa shape index (κ3) is 3.87. The third-order valence-electron chi connectivity index (χ3n) is 5.13. The average Bonchev–Trinajstić information content (AvgIpc) is 3.35. The van der Waals surface area contributed by atoms with Crippen LogP contribution in [0, 0.1) is 0 Å². The third-order valence-corrected chi connectivity index (χ3v) is 5.13. The number of benzene rings is 2. The van der Waals surface area contributed by atoms with Gasteiger partial charge in [-0.05, 0) is 31.0 Å². The Kier molecular flexibility index (Phi) is 5.43. The Morgan fingerprint density at radius 3 is 2.33 bits per heavy atom. The summed E-state index contributed by atoms with van der Waals surface area (Å²) in [5.74, 6) is -0.0823. The van der Waals surface area contributed by atoms with E-state index in [9.17, 15) is 14.4 Å². The van der Waals surface area contributed by atoms with E-state index in [-0.39, 0.29) is 36.7 Å². The summed E-state index contributed by atoms with van der Waals surface area (Å²) in [5.41, 5.74) is 2.76. The largest absolute Gasteiger partial charge is 0.346 e. The summed E-state index contributed by atoms with van der Waals surface area (Å²) in [6, 6.07) is 16.3. The zero-order valence-electron chi connectivity index (χ0n) is 16.6. The molecule has 0 radical (unpaired) electrons. The number of rotatable bonds is 7. The zero-order chi connectivity index (χ0) is 21.1. The monoisotopic (exact) mass is 402 g/mol. The fourth-order valence-electron chi connectivity index (χ4n) is 3.54. The normalized spacial score (nSPS) is 14.0. The lowest BCUT2D eigenvalue weighted by molar-refractivity contribution is -0.121. The van der Waals surface area contributed by atoms with E-state index in [0.29, 0.717) is 23.4 Å². The summed E-state index contributed by atoms with van der Waals surface area (Å²) < 4.78 is 0. The highest BCUT2D eigenvalue weighted by Gasteiger charge is 2.34. The molecule has 0 aliphatic carbocycles. The van der Waals surface area contributed by atoms with Gasteiger partial charge < -0.3 is 10.3 Å². The van der Waals surface area contributed by atoms with Gasteiger partial charge in [0.2, 0.25) is 5.91 Å². The van der Waals surface area contributed by atoms with E-state index in [4.69, 9.17) is 0 Å². The molecule has 2 heterocycles. The molecular formula is C23H22N4O3. The quantitative estimate of drug-likeness (QED) is 0.593. The van der Waals surface area contributed by atoms with E-state index in [1.807, 2.05) is 37.3 Å². The maximum Gasteiger partial charge on any atom is 0.261 e. The van der Waals surface area contributed by atoms with Crippen molar-refractivity contribution < 1.29 is 14.4 Å². The molecule has 1 aliphatic heterocycles. The highest BCUT2D eigenvalue weighted by atomic mass is 16.2. The maximum absolute atomic E-state index is 12.4. The number of H-pyrrole nitrogens is 1. The minimum absolute atomic E-state index is 0.156. The molecule has 0 saturated heterocycles. The first-order chi connectivity index (χ1) is 14.5. The second-order valence-corrected chi connectivity index (χ2v) is 7.25. The first-order valence-electron chi connectivity index (χ1n) is 9.89. The van der Waals surface area contributed by atoms with Gasteiger partial charge in [-0.2, -0.15) is 0 Å². The molecule has 7 heteroatoms. The van der Waals surface area contributed by atoms with Crippen LogP contribution in [0.25, 0.3) is 11.3 Å². The molecule has 0 bridgehead atoms. The number of nitrogens with one attached hydrogen (secondary N) is 2. The van der Waals surface area contributed by atoms with Gasteiger partial charge in [0.25, 0.3) is 11.8 Å². The summed E-state index contributed by atoms with van der Waals surface area (Å²) in [4.78, 5) is 45.8. The molecule has 2 N–H and O–H groups in total. The number of hydrogen-bond donors (Lipinski definition) is 2. The van der Waals surface area contributed by atoms with Gasteiger partial charge in [0.1, 0.15) is 5.82 Å². The average molecular weight is 402 g/mol. The van der Waals surface area contributed by atoms with E-state index in [1.54, 1.807) is 30.5 Å². The van der Waals surface area contributed by atoms with E-state index in [1.165, 1.54) is 4.90 Å². The van der Waals surface area contributed by atoms with Crippen LogP contribution in [0.1, 0.15) is 52.3 Å². The summed E-state index contributed by atoms with van der Waals surface area (Å²) in [6.45, 7) is 2.07. The summed E-state index contributed by atoms with van der Waals surface area (Å²) in [6.07, 6.45) is 2.36. The van der Waals surface area contributed by atoms with Crippen LogP contribution in [-0.4, -0.2) is 39.1 Å². The summed E-state index contributed by atoms with van der Waals surface area (Å²) >= 11 is 0. The molecule has 1 atom stereocenters. The van der Waals surface area contributed by atoms with Crippen LogP contribution in [0.5, 0.6) is 0 Å². The van der Waals surface area contributed by atoms with Crippen molar-refractivity contribution in [3.8, 4) is 11.3 Å². The number of amides is 3. The highest BCUT2D eigenvalue weighted by molar-refractivity contribution is 6.21. The van der Waals surface area contributed by atoms with Crippen molar-refractivity contribution >= 4 is 17.7 Å². The summed E-state index contributed by atoms with van der Waals surface area (Å²) in [7, 11) is 0. The molecule has 4 rings (SSSR count). The minimum Gasteiger partial charge on any atom is -0.346 e. The zero-order valence-corrected chi connectivity index (χ0v) is 16.6. The van der Waals surface area contributed by atoms with Crippen LogP contribution < -0.4 is 5.32 Å². The number of aromatic nitrogens is 2. The minimum atomic E-state index is -0.298.